The number of anilines is 1. The highest BCUT2D eigenvalue weighted by Gasteiger charge is 2.23. The van der Waals surface area contributed by atoms with Gasteiger partial charge in [0.1, 0.15) is 17.7 Å². The molecular formula is C22H21N7O2. The van der Waals surface area contributed by atoms with E-state index in [1.807, 2.05) is 23.0 Å². The van der Waals surface area contributed by atoms with E-state index in [-0.39, 0.29) is 17.7 Å². The molecule has 9 nitrogen and oxygen atoms in total. The number of imidazole rings is 1. The molecule has 5 rings (SSSR count). The molecule has 0 aliphatic carbocycles. The number of nitrogens with zero attached hydrogens (tertiary/aromatic N) is 6. The smallest absolute Gasteiger partial charge is 0.276 e. The molecular weight excluding hydrogens is 394 g/mol. The number of nitrogens with one attached hydrogen (secondary N) is 1. The normalized spacial score (nSPS) is 13.0. The van der Waals surface area contributed by atoms with Crippen LogP contribution >= 0.6 is 0 Å². The zero-order chi connectivity index (χ0) is 21.5. The lowest BCUT2D eigenvalue weighted by Crippen LogP contribution is -2.15. The number of hydrogen-bond acceptors (Lipinski definition) is 6. The second kappa shape index (κ2) is 7.42. The van der Waals surface area contributed by atoms with Gasteiger partial charge in [0, 0.05) is 42.1 Å². The molecule has 0 unspecified atom stereocenters. The Balaban J connectivity index is 1.45. The quantitative estimate of drug-likeness (QED) is 0.502. The summed E-state index contributed by atoms with van der Waals surface area (Å²) in [5.74, 6) is -0.502. The number of rotatable bonds is 5. The molecule has 4 aromatic rings. The Hall–Kier alpha value is -3.88. The lowest BCUT2D eigenvalue weighted by molar-refractivity contribution is 0.101. The number of amides is 1. The van der Waals surface area contributed by atoms with Crippen LogP contribution in [0.25, 0.3) is 11.0 Å². The summed E-state index contributed by atoms with van der Waals surface area (Å²) >= 11 is 0. The van der Waals surface area contributed by atoms with Crippen LogP contribution in [-0.4, -0.2) is 40.8 Å². The summed E-state index contributed by atoms with van der Waals surface area (Å²) in [6.07, 6.45) is 11.5. The Kier molecular flexibility index (Phi) is 4.58. The van der Waals surface area contributed by atoms with Crippen LogP contribution in [0.15, 0.2) is 43.5 Å². The maximum absolute atomic E-state index is 13.3. The van der Waals surface area contributed by atoms with Crippen LogP contribution in [-0.2, 0) is 13.0 Å². The molecule has 0 saturated carbocycles. The van der Waals surface area contributed by atoms with Crippen molar-refractivity contribution in [2.75, 3.05) is 5.32 Å². The van der Waals surface area contributed by atoms with E-state index in [2.05, 4.69) is 25.3 Å². The summed E-state index contributed by atoms with van der Waals surface area (Å²) in [6.45, 7) is 4.94. The molecule has 0 radical (unpaired) electrons. The molecule has 0 aromatic carbocycles. The van der Waals surface area contributed by atoms with Crippen molar-refractivity contribution < 1.29 is 9.59 Å². The van der Waals surface area contributed by atoms with Gasteiger partial charge in [0.2, 0.25) is 0 Å². The Morgan fingerprint density at radius 1 is 1.13 bits per heavy atom. The van der Waals surface area contributed by atoms with Crippen molar-refractivity contribution in [3.8, 4) is 0 Å². The summed E-state index contributed by atoms with van der Waals surface area (Å²) in [6, 6.07) is 1.77. The van der Waals surface area contributed by atoms with Crippen molar-refractivity contribution in [2.45, 2.75) is 39.3 Å². The first-order valence-corrected chi connectivity index (χ1v) is 10.2. The Morgan fingerprint density at radius 2 is 2.00 bits per heavy atom. The van der Waals surface area contributed by atoms with E-state index in [0.717, 1.165) is 25.1 Å². The number of hydrogen-bond donors (Lipinski definition) is 1. The van der Waals surface area contributed by atoms with Gasteiger partial charge in [0.05, 0.1) is 29.5 Å². The first-order chi connectivity index (χ1) is 15.0. The lowest BCUT2D eigenvalue weighted by atomic mass is 10.1. The van der Waals surface area contributed by atoms with Crippen molar-refractivity contribution >= 4 is 28.4 Å². The van der Waals surface area contributed by atoms with Gasteiger partial charge in [0.15, 0.2) is 5.78 Å². The maximum Gasteiger partial charge on any atom is 0.276 e. The number of pyridine rings is 1. The average Bonchev–Trinajstić information content (AvgIpc) is 3.47. The summed E-state index contributed by atoms with van der Waals surface area (Å²) in [5, 5.41) is 3.51. The first-order valence-electron chi connectivity index (χ1n) is 10.2. The topological polar surface area (TPSA) is 108 Å². The predicted octanol–water partition coefficient (Wildman–Crippen LogP) is 3.03. The maximum atomic E-state index is 13.3. The summed E-state index contributed by atoms with van der Waals surface area (Å²) in [7, 11) is 0. The molecule has 9 heteroatoms. The van der Waals surface area contributed by atoms with E-state index < -0.39 is 0 Å². The fraction of sp³-hybridized carbons (Fsp3) is 0.273. The van der Waals surface area contributed by atoms with Crippen molar-refractivity contribution in [2.24, 2.45) is 0 Å². The first kappa shape index (κ1) is 19.1. The molecule has 0 spiro atoms. The highest BCUT2D eigenvalue weighted by atomic mass is 16.2. The standard InChI is InChI=1S/C22H21N7O2/c1-13(2)29-10-17(16-9-24-11-25-21(16)29)20(30)14-6-15(8-23-7-14)27-22(31)19-18-4-3-5-28(18)12-26-19/h6-13H,3-5H2,1-2H3,(H,27,31). The van der Waals surface area contributed by atoms with Crippen molar-refractivity contribution in [1.29, 1.82) is 0 Å². The second-order valence-corrected chi connectivity index (χ2v) is 7.89. The van der Waals surface area contributed by atoms with Gasteiger partial charge >= 0.3 is 0 Å². The fourth-order valence-corrected chi connectivity index (χ4v) is 4.01. The number of carbonyl (C=O) groups is 2. The van der Waals surface area contributed by atoms with Crippen LogP contribution < -0.4 is 5.32 Å². The monoisotopic (exact) mass is 415 g/mol. The van der Waals surface area contributed by atoms with Gasteiger partial charge in [-0.1, -0.05) is 0 Å². The van der Waals surface area contributed by atoms with Gasteiger partial charge in [-0.25, -0.2) is 15.0 Å². The largest absolute Gasteiger partial charge is 0.334 e. The minimum Gasteiger partial charge on any atom is -0.334 e. The molecule has 0 saturated heterocycles. The molecule has 0 atom stereocenters. The third kappa shape index (κ3) is 3.27. The van der Waals surface area contributed by atoms with Crippen LogP contribution in [0.4, 0.5) is 5.69 Å². The molecule has 0 bridgehead atoms. The van der Waals surface area contributed by atoms with E-state index in [0.29, 0.717) is 33.5 Å². The van der Waals surface area contributed by atoms with Crippen LogP contribution in [0.5, 0.6) is 0 Å². The summed E-state index contributed by atoms with van der Waals surface area (Å²) < 4.78 is 3.95. The molecule has 1 aliphatic rings. The number of carbonyl (C=O) groups excluding carboxylic acids is 2. The molecule has 5 heterocycles. The van der Waals surface area contributed by atoms with Crippen molar-refractivity contribution in [3.63, 3.8) is 0 Å². The van der Waals surface area contributed by atoms with Gasteiger partial charge in [-0.2, -0.15) is 0 Å². The molecule has 4 aromatic heterocycles. The minimum absolute atomic E-state index is 0.138. The third-order valence-electron chi connectivity index (χ3n) is 5.53. The van der Waals surface area contributed by atoms with Gasteiger partial charge in [0.25, 0.3) is 5.91 Å². The Labute approximate surface area is 178 Å². The molecule has 1 N–H and O–H groups in total. The van der Waals surface area contributed by atoms with E-state index in [4.69, 9.17) is 0 Å². The third-order valence-corrected chi connectivity index (χ3v) is 5.53. The Bertz CT molecular complexity index is 1320. The number of aryl methyl sites for hydroxylation is 1. The minimum atomic E-state index is -0.299. The van der Waals surface area contributed by atoms with Crippen LogP contribution in [0, 0.1) is 0 Å². The molecule has 1 aliphatic heterocycles. The van der Waals surface area contributed by atoms with Crippen molar-refractivity contribution in [3.05, 3.63) is 66.0 Å². The zero-order valence-corrected chi connectivity index (χ0v) is 17.2. The average molecular weight is 415 g/mol. The van der Waals surface area contributed by atoms with E-state index in [9.17, 15) is 9.59 Å². The van der Waals surface area contributed by atoms with Crippen LogP contribution in [0.2, 0.25) is 0 Å². The fourth-order valence-electron chi connectivity index (χ4n) is 4.01. The summed E-state index contributed by atoms with van der Waals surface area (Å²) in [4.78, 5) is 42.8. The SMILES string of the molecule is CC(C)n1cc(C(=O)c2cncc(NC(=O)c3ncn4c3CCC4)c2)c2cncnc21. The van der Waals surface area contributed by atoms with E-state index >= 15 is 0 Å². The van der Waals surface area contributed by atoms with Crippen LogP contribution in [0.3, 0.4) is 0 Å². The highest BCUT2D eigenvalue weighted by Crippen LogP contribution is 2.25. The number of ketones is 1. The second-order valence-electron chi connectivity index (χ2n) is 7.89. The predicted molar refractivity (Wildman–Crippen MR) is 114 cm³/mol. The van der Waals surface area contributed by atoms with Gasteiger partial charge < -0.3 is 14.5 Å². The number of fused-ring (bicyclic) bond motifs is 2. The summed E-state index contributed by atoms with van der Waals surface area (Å²) in [5.41, 5.74) is 3.39. The van der Waals surface area contributed by atoms with Gasteiger partial charge in [-0.3, -0.25) is 14.6 Å². The Morgan fingerprint density at radius 3 is 2.84 bits per heavy atom. The highest BCUT2D eigenvalue weighted by molar-refractivity contribution is 6.16. The molecule has 156 valence electrons. The molecule has 1 amide bonds. The zero-order valence-electron chi connectivity index (χ0n) is 17.2. The van der Waals surface area contributed by atoms with Crippen molar-refractivity contribution in [1.82, 2.24) is 29.1 Å². The van der Waals surface area contributed by atoms with Crippen LogP contribution in [0.1, 0.15) is 58.4 Å². The number of aromatic nitrogens is 6. The molecule has 0 fully saturated rings. The van der Waals surface area contributed by atoms with E-state index in [1.54, 1.807) is 24.8 Å². The molecule has 31 heavy (non-hydrogen) atoms. The van der Waals surface area contributed by atoms with Gasteiger partial charge in [-0.05, 0) is 32.8 Å². The van der Waals surface area contributed by atoms with Gasteiger partial charge in [-0.15, -0.1) is 0 Å². The lowest BCUT2D eigenvalue weighted by Gasteiger charge is -2.07. The van der Waals surface area contributed by atoms with E-state index in [1.165, 1.54) is 18.7 Å².